The Bertz CT molecular complexity index is 4790. The van der Waals surface area contributed by atoms with Crippen LogP contribution >= 0.6 is 23.2 Å². The lowest BCUT2D eigenvalue weighted by Crippen LogP contribution is -2.65. The van der Waals surface area contributed by atoms with Crippen molar-refractivity contribution in [3.8, 4) is 74.0 Å². The van der Waals surface area contributed by atoms with Gasteiger partial charge in [-0.15, -0.1) is 0 Å². The number of likely N-dealkylation sites (N-methyl/N-ethyl adjacent to an activating group) is 1. The van der Waals surface area contributed by atoms with Crippen LogP contribution in [0.2, 0.25) is 10.0 Å². The van der Waals surface area contributed by atoms with Crippen molar-refractivity contribution in [3.05, 3.63) is 171 Å². The zero-order valence-corrected chi connectivity index (χ0v) is 63.5. The number of carbonyl (C=O) groups excluding carboxylic acids is 8. The van der Waals surface area contributed by atoms with Crippen LogP contribution in [0.1, 0.15) is 119 Å². The molecule has 2 saturated heterocycles. The van der Waals surface area contributed by atoms with Gasteiger partial charge in [-0.25, -0.2) is 0 Å². The van der Waals surface area contributed by atoms with Crippen molar-refractivity contribution in [1.29, 1.82) is 0 Å². The zero-order chi connectivity index (χ0) is 81.2. The van der Waals surface area contributed by atoms with Crippen molar-refractivity contribution < 1.29 is 112 Å². The fourth-order valence-electron chi connectivity index (χ4n) is 14.7. The van der Waals surface area contributed by atoms with Crippen molar-refractivity contribution in [3.63, 3.8) is 0 Å². The standard InChI is InChI=1S/C81H87Cl2N7O23/c1-36(2)22-53(85-6)77(105)89-68-56(96)25-45(28-63(84)98)75(103)88-67-44-26-60(109-58-20-17-43(69(68)99)24-51(58)82)72(113-80-73(71(101)70(100)62(35-91)111-80)112-64-33-81(5,74(102)38(4)107-64)86-34-39-12-14-41(15-13-39)40-10-8-7-9-11-40)61(27-44)110-59-21-18-47(31-52(59)83)108-79-78(106)87-66(37(3)92)50-29-46(93)30-55(95)65(50)49-23-42(16-19-54(49)94)48(32-57(67)97)76(104)90-79/h7-21,23-24,26-27,29-31,36,38,45,48,53,62,64,66-71,73-74,79-80,85-86,91,93-95,99-102H,22,25,28,32-35H2,1-6H3,(H2,84,98)(H,87,106)(H,88,103)(H,89,105)(H,90,104)/t38?,45-,48+,53+,62?,64?,66+,67+,68-,69+,70?,71?,73?,74?,79-,80?,81?/m0/s1. The van der Waals surface area contributed by atoms with E-state index in [2.05, 4.69) is 31.9 Å². The Kier molecular flexibility index (Phi) is 25.1. The molecule has 7 aromatic carbocycles. The summed E-state index contributed by atoms with van der Waals surface area (Å²) in [6, 6.07) is 25.9. The van der Waals surface area contributed by atoms with Crippen molar-refractivity contribution >= 4 is 70.1 Å². The first-order valence-electron chi connectivity index (χ1n) is 36.6. The minimum Gasteiger partial charge on any atom is -0.508 e. The number of phenols is 3. The highest BCUT2D eigenvalue weighted by Gasteiger charge is 2.52. The number of primary amides is 1. The number of amides is 5. The molecule has 32 heteroatoms. The molecule has 7 heterocycles. The summed E-state index contributed by atoms with van der Waals surface area (Å²) in [5, 5.41) is 109. The lowest BCUT2D eigenvalue weighted by atomic mass is 9.84. The number of fused-ring (bicyclic) bond motifs is 15. The third-order valence-electron chi connectivity index (χ3n) is 20.7. The Hall–Kier alpha value is -10.3. The number of halogens is 2. The first-order chi connectivity index (χ1) is 53.8. The van der Waals surface area contributed by atoms with Crippen LogP contribution in [0.25, 0.3) is 22.3 Å². The van der Waals surface area contributed by atoms with E-state index in [1.54, 1.807) is 13.8 Å². The van der Waals surface area contributed by atoms with Crippen LogP contribution < -0.4 is 56.6 Å². The number of hydrogen-bond acceptors (Lipinski definition) is 25. The molecule has 7 aliphatic heterocycles. The van der Waals surface area contributed by atoms with Crippen molar-refractivity contribution in [2.75, 3.05) is 13.7 Å². The Morgan fingerprint density at radius 2 is 1.39 bits per heavy atom. The van der Waals surface area contributed by atoms with E-state index in [-0.39, 0.29) is 86.0 Å². The molecule has 11 bridgehead atoms. The molecule has 17 atom stereocenters. The normalized spacial score (nSPS) is 26.9. The number of aromatic hydroxyl groups is 3. The molecule has 0 spiro atoms. The molecule has 0 radical (unpaired) electrons. The van der Waals surface area contributed by atoms with Gasteiger partial charge in [0.2, 0.25) is 35.7 Å². The summed E-state index contributed by atoms with van der Waals surface area (Å²) in [4.78, 5) is 119. The fraction of sp³-hybridized carbons (Fsp3) is 0.383. The van der Waals surface area contributed by atoms with E-state index in [0.717, 1.165) is 60.0 Å². The molecule has 598 valence electrons. The highest BCUT2D eigenvalue weighted by molar-refractivity contribution is 6.32. The van der Waals surface area contributed by atoms with Crippen LogP contribution in [0.5, 0.6) is 51.7 Å². The molecule has 0 aliphatic carbocycles. The Morgan fingerprint density at radius 1 is 0.717 bits per heavy atom. The molecule has 7 aliphatic rings. The highest BCUT2D eigenvalue weighted by Crippen LogP contribution is 2.51. The second-order valence-electron chi connectivity index (χ2n) is 29.4. The van der Waals surface area contributed by atoms with Gasteiger partial charge in [-0.05, 0) is 134 Å². The van der Waals surface area contributed by atoms with E-state index < -0.39 is 210 Å². The van der Waals surface area contributed by atoms with Crippen LogP contribution in [-0.4, -0.2) is 174 Å². The number of hydrogen-bond donors (Lipinski definition) is 15. The summed E-state index contributed by atoms with van der Waals surface area (Å²) in [6.07, 6.45) is -19.8. The summed E-state index contributed by atoms with van der Waals surface area (Å²) in [7, 11) is 1.51. The average Bonchev–Trinajstić information content (AvgIpc) is 0.774. The van der Waals surface area contributed by atoms with Crippen LogP contribution in [0.4, 0.5) is 0 Å². The van der Waals surface area contributed by atoms with Crippen LogP contribution in [0.3, 0.4) is 0 Å². The molecule has 0 aromatic heterocycles. The fourth-order valence-corrected chi connectivity index (χ4v) is 15.1. The monoisotopic (exact) mass is 1600 g/mol. The van der Waals surface area contributed by atoms with Crippen molar-refractivity contribution in [1.82, 2.24) is 31.9 Å². The maximum atomic E-state index is 16.3. The number of ether oxygens (including phenoxy) is 7. The van der Waals surface area contributed by atoms with Gasteiger partial charge < -0.3 is 112 Å². The molecule has 2 fully saturated rings. The molecule has 5 amide bonds. The number of carbonyl (C=O) groups is 8. The molecule has 113 heavy (non-hydrogen) atoms. The molecule has 7 aromatic rings. The predicted octanol–water partition coefficient (Wildman–Crippen LogP) is 6.39. The molecule has 0 saturated carbocycles. The number of ketones is 3. The number of phenolic OH excluding ortho intramolecular Hbond substituents is 3. The maximum absolute atomic E-state index is 16.3. The number of aliphatic hydroxyl groups excluding tert-OH is 5. The minimum atomic E-state index is -2.17. The van der Waals surface area contributed by atoms with E-state index in [1.165, 1.54) is 49.5 Å². The molecular formula is C81H87Cl2N7O23. The van der Waals surface area contributed by atoms with E-state index in [1.807, 2.05) is 68.4 Å². The molecule has 16 N–H and O–H groups in total. The topological polar surface area (TPSA) is 461 Å². The molecular weight excluding hydrogens is 1510 g/mol. The van der Waals surface area contributed by atoms with E-state index in [9.17, 15) is 60.0 Å². The molecule has 30 nitrogen and oxygen atoms in total. The van der Waals surface area contributed by atoms with Gasteiger partial charge in [-0.2, -0.15) is 0 Å². The van der Waals surface area contributed by atoms with Gasteiger partial charge in [0.25, 0.3) is 12.1 Å². The maximum Gasteiger partial charge on any atom is 0.283 e. The minimum absolute atomic E-state index is 0.0701. The summed E-state index contributed by atoms with van der Waals surface area (Å²) in [5.41, 5.74) is 6.06. The van der Waals surface area contributed by atoms with E-state index in [0.29, 0.717) is 0 Å². The molecule has 14 rings (SSSR count). The lowest BCUT2D eigenvalue weighted by molar-refractivity contribution is -0.334. The van der Waals surface area contributed by atoms with Crippen LogP contribution in [0.15, 0.2) is 133 Å². The van der Waals surface area contributed by atoms with Gasteiger partial charge in [0.15, 0.2) is 41.2 Å². The third kappa shape index (κ3) is 18.2. The van der Waals surface area contributed by atoms with Gasteiger partial charge in [-0.3, -0.25) is 38.4 Å². The van der Waals surface area contributed by atoms with E-state index in [4.69, 9.17) is 62.1 Å². The second-order valence-corrected chi connectivity index (χ2v) is 30.2. The largest absolute Gasteiger partial charge is 0.508 e. The van der Waals surface area contributed by atoms with Gasteiger partial charge >= 0.3 is 0 Å². The second kappa shape index (κ2) is 34.6. The number of nitrogens with one attached hydrogen (secondary N) is 6. The first-order valence-corrected chi connectivity index (χ1v) is 37.3. The Balaban J connectivity index is 1.04. The smallest absolute Gasteiger partial charge is 0.283 e. The van der Waals surface area contributed by atoms with Crippen molar-refractivity contribution in [2.45, 2.75) is 170 Å². The number of aliphatic hydroxyl groups is 5. The summed E-state index contributed by atoms with van der Waals surface area (Å²) in [5.74, 6) is -16.6. The summed E-state index contributed by atoms with van der Waals surface area (Å²) < 4.78 is 45.9. The van der Waals surface area contributed by atoms with Gasteiger partial charge in [-0.1, -0.05) is 104 Å². The number of Topliss-reactive ketones (excluding diaryl/α,β-unsaturated/α-hetero) is 3. The van der Waals surface area contributed by atoms with Gasteiger partial charge in [0, 0.05) is 61.0 Å². The first kappa shape index (κ1) is 82.1. The van der Waals surface area contributed by atoms with Crippen molar-refractivity contribution in [2.24, 2.45) is 17.6 Å². The number of benzene rings is 7. The predicted molar refractivity (Wildman–Crippen MR) is 405 cm³/mol. The van der Waals surface area contributed by atoms with Crippen LogP contribution in [0, 0.1) is 11.8 Å². The van der Waals surface area contributed by atoms with Gasteiger partial charge in [0.05, 0.1) is 46.7 Å². The summed E-state index contributed by atoms with van der Waals surface area (Å²) in [6.45, 7) is 7.43. The third-order valence-corrected chi connectivity index (χ3v) is 21.3. The number of nitrogens with two attached hydrogens (primary N) is 1. The Labute approximate surface area is 658 Å². The van der Waals surface area contributed by atoms with Crippen LogP contribution in [-0.2, 0) is 59.1 Å². The lowest BCUT2D eigenvalue weighted by Gasteiger charge is -2.48. The van der Waals surface area contributed by atoms with Gasteiger partial charge in [0.1, 0.15) is 77.0 Å². The van der Waals surface area contributed by atoms with E-state index >= 15 is 19.2 Å². The summed E-state index contributed by atoms with van der Waals surface area (Å²) >= 11 is 14.3. The number of rotatable bonds is 17. The highest BCUT2D eigenvalue weighted by atomic mass is 35.5. The average molecular weight is 1600 g/mol. The molecule has 9 unspecified atom stereocenters. The quantitative estimate of drug-likeness (QED) is 0.0469. The SMILES string of the molecule is CN[C@H](CC(C)C)C(=O)N[C@H]1C(=O)C[C@@H](CC(N)=O)C(=O)N[C@H]2C(=O)C[C@H]3C(=O)N[C@@H](Oc4ccc(c(Cl)c4)Oc4cc2cc(c4OC2OC(CO)C(O)C(O)C2OC2CC(C)(NCc4ccc(-c5ccccc5)cc4)C(O)C(C)O2)Oc2ccc(cc2Cl)[C@H]1O)C(=O)N[C@H](C(C)=O)c1cc(O)cc(O)c1-c1cc3ccc1O. The Morgan fingerprint density at radius 3 is 2.04 bits per heavy atom. The zero-order valence-electron chi connectivity index (χ0n) is 62.0.